The second kappa shape index (κ2) is 4.33. The Morgan fingerprint density at radius 1 is 1.60 bits per heavy atom. The van der Waals surface area contributed by atoms with Crippen molar-refractivity contribution in [3.63, 3.8) is 0 Å². The Bertz CT molecular complexity index is 144. The van der Waals surface area contributed by atoms with Crippen LogP contribution in [0.15, 0.2) is 0 Å². The van der Waals surface area contributed by atoms with Crippen molar-refractivity contribution < 1.29 is 14.7 Å². The molecule has 0 saturated carbocycles. The molecule has 0 aliphatic carbocycles. The van der Waals surface area contributed by atoms with E-state index in [0.29, 0.717) is 0 Å². The van der Waals surface area contributed by atoms with E-state index in [-0.39, 0.29) is 18.0 Å². The van der Waals surface area contributed by atoms with E-state index >= 15 is 0 Å². The second-order valence-electron chi connectivity index (χ2n) is 2.12. The highest BCUT2D eigenvalue weighted by Gasteiger charge is 2.16. The molecule has 0 spiro atoms. The third-order valence-electron chi connectivity index (χ3n) is 1.10. The lowest BCUT2D eigenvalue weighted by Gasteiger charge is -2.04. The average molecular weight is 162 g/mol. The van der Waals surface area contributed by atoms with Crippen LogP contribution in [-0.2, 0) is 9.59 Å². The van der Waals surface area contributed by atoms with Crippen LogP contribution in [0.3, 0.4) is 0 Å². The van der Waals surface area contributed by atoms with Gasteiger partial charge in [0.2, 0.25) is 0 Å². The van der Waals surface area contributed by atoms with Gasteiger partial charge in [0.05, 0.1) is 5.92 Å². The summed E-state index contributed by atoms with van der Waals surface area (Å²) in [6.07, 6.45) is 0.0822. The Morgan fingerprint density at radius 3 is 2.20 bits per heavy atom. The number of thiol groups is 1. The van der Waals surface area contributed by atoms with E-state index in [1.165, 1.54) is 6.92 Å². The maximum atomic E-state index is 10.4. The molecule has 0 aromatic rings. The van der Waals surface area contributed by atoms with Gasteiger partial charge in [-0.25, -0.2) is 0 Å². The minimum atomic E-state index is -0.954. The van der Waals surface area contributed by atoms with E-state index in [4.69, 9.17) is 5.11 Å². The number of hydrogen-bond donors (Lipinski definition) is 2. The molecule has 0 aliphatic rings. The molecule has 0 radical (unpaired) electrons. The van der Waals surface area contributed by atoms with Crippen molar-refractivity contribution in [1.29, 1.82) is 0 Å². The number of aliphatic carboxylic acids is 1. The average Bonchev–Trinajstić information content (AvgIpc) is 1.81. The predicted molar refractivity (Wildman–Crippen MR) is 40.3 cm³/mol. The third kappa shape index (κ3) is 3.50. The molecule has 3 nitrogen and oxygen atoms in total. The molecule has 0 aromatic heterocycles. The first-order valence-corrected chi connectivity index (χ1v) is 3.54. The lowest BCUT2D eigenvalue weighted by atomic mass is 10.1. The molecule has 1 atom stereocenters. The zero-order valence-electron chi connectivity index (χ0n) is 5.70. The Kier molecular flexibility index (Phi) is 4.11. The fourth-order valence-electron chi connectivity index (χ4n) is 0.577. The number of ketones is 1. The van der Waals surface area contributed by atoms with Crippen molar-refractivity contribution in [2.24, 2.45) is 5.92 Å². The van der Waals surface area contributed by atoms with Gasteiger partial charge in [-0.1, -0.05) is 0 Å². The summed E-state index contributed by atoms with van der Waals surface area (Å²) < 4.78 is 0. The van der Waals surface area contributed by atoms with Crippen LogP contribution in [0.1, 0.15) is 13.3 Å². The number of carbonyl (C=O) groups is 2. The molecule has 4 heteroatoms. The molecule has 0 fully saturated rings. The van der Waals surface area contributed by atoms with E-state index in [0.717, 1.165) is 0 Å². The van der Waals surface area contributed by atoms with Crippen LogP contribution in [-0.4, -0.2) is 22.6 Å². The lowest BCUT2D eigenvalue weighted by molar-refractivity contribution is -0.142. The van der Waals surface area contributed by atoms with Gasteiger partial charge in [-0.15, -0.1) is 0 Å². The van der Waals surface area contributed by atoms with Crippen LogP contribution < -0.4 is 0 Å². The fourth-order valence-corrected chi connectivity index (χ4v) is 0.862. The van der Waals surface area contributed by atoms with Crippen LogP contribution >= 0.6 is 12.6 Å². The van der Waals surface area contributed by atoms with Gasteiger partial charge >= 0.3 is 5.97 Å². The first-order chi connectivity index (χ1) is 4.57. The molecular formula is C6H10O3S. The van der Waals surface area contributed by atoms with E-state index < -0.39 is 11.9 Å². The van der Waals surface area contributed by atoms with Crippen LogP contribution in [0, 0.1) is 5.92 Å². The van der Waals surface area contributed by atoms with Crippen molar-refractivity contribution in [1.82, 2.24) is 0 Å². The summed E-state index contributed by atoms with van der Waals surface area (Å²) in [5.41, 5.74) is 0. The van der Waals surface area contributed by atoms with Crippen LogP contribution in [0.25, 0.3) is 0 Å². The minimum Gasteiger partial charge on any atom is -0.481 e. The monoisotopic (exact) mass is 162 g/mol. The fraction of sp³-hybridized carbons (Fsp3) is 0.667. The van der Waals surface area contributed by atoms with Crippen LogP contribution in [0.2, 0.25) is 0 Å². The molecule has 58 valence electrons. The summed E-state index contributed by atoms with van der Waals surface area (Å²) in [7, 11) is 0. The van der Waals surface area contributed by atoms with Gasteiger partial charge in [0.15, 0.2) is 0 Å². The van der Waals surface area contributed by atoms with Gasteiger partial charge < -0.3 is 9.90 Å². The summed E-state index contributed by atoms with van der Waals surface area (Å²) in [6, 6.07) is 0. The Morgan fingerprint density at radius 2 is 2.10 bits per heavy atom. The maximum Gasteiger partial charge on any atom is 0.307 e. The zero-order valence-corrected chi connectivity index (χ0v) is 6.60. The first-order valence-electron chi connectivity index (χ1n) is 2.91. The summed E-state index contributed by atoms with van der Waals surface area (Å²) in [6.45, 7) is 1.37. The van der Waals surface area contributed by atoms with Crippen molar-refractivity contribution >= 4 is 24.4 Å². The van der Waals surface area contributed by atoms with Crippen molar-refractivity contribution in [2.75, 3.05) is 5.75 Å². The van der Waals surface area contributed by atoms with Crippen molar-refractivity contribution in [2.45, 2.75) is 13.3 Å². The summed E-state index contributed by atoms with van der Waals surface area (Å²) in [5.74, 6) is -1.47. The van der Waals surface area contributed by atoms with Crippen LogP contribution in [0.4, 0.5) is 0 Å². The van der Waals surface area contributed by atoms with E-state index in [1.807, 2.05) is 0 Å². The highest BCUT2D eigenvalue weighted by atomic mass is 32.1. The van der Waals surface area contributed by atoms with Crippen molar-refractivity contribution in [3.8, 4) is 0 Å². The number of Topliss-reactive ketones (excluding diaryl/α,β-unsaturated/α-hetero) is 1. The molecule has 0 saturated heterocycles. The standard InChI is InChI=1S/C6H10O3S/c1-4(7)2-5(3-10)6(8)9/h5,10H,2-3H2,1H3,(H,8,9)/t5-/m1/s1. The van der Waals surface area contributed by atoms with Gasteiger partial charge in [-0.05, 0) is 6.92 Å². The molecule has 0 bridgehead atoms. The summed E-state index contributed by atoms with van der Waals surface area (Å²) in [4.78, 5) is 20.7. The molecule has 0 unspecified atom stereocenters. The number of carbonyl (C=O) groups excluding carboxylic acids is 1. The first kappa shape index (κ1) is 9.49. The van der Waals surface area contributed by atoms with Gasteiger partial charge in [0, 0.05) is 12.2 Å². The Labute approximate surface area is 64.8 Å². The highest BCUT2D eigenvalue weighted by Crippen LogP contribution is 2.05. The number of carboxylic acids is 1. The Balaban J connectivity index is 3.83. The third-order valence-corrected chi connectivity index (χ3v) is 1.54. The van der Waals surface area contributed by atoms with Gasteiger partial charge in [0.25, 0.3) is 0 Å². The normalized spacial score (nSPS) is 12.6. The van der Waals surface area contributed by atoms with Gasteiger partial charge in [-0.3, -0.25) is 4.79 Å². The van der Waals surface area contributed by atoms with Crippen molar-refractivity contribution in [3.05, 3.63) is 0 Å². The SMILES string of the molecule is CC(=O)C[C@H](CS)C(=O)O. The smallest absolute Gasteiger partial charge is 0.307 e. The summed E-state index contributed by atoms with van der Waals surface area (Å²) >= 11 is 3.80. The maximum absolute atomic E-state index is 10.4. The number of carboxylic acid groups (broad SMARTS) is 1. The number of rotatable bonds is 4. The highest BCUT2D eigenvalue weighted by molar-refractivity contribution is 7.80. The Hall–Kier alpha value is -0.510. The van der Waals surface area contributed by atoms with E-state index in [2.05, 4.69) is 12.6 Å². The number of hydrogen-bond acceptors (Lipinski definition) is 3. The molecule has 1 N–H and O–H groups in total. The molecule has 0 rings (SSSR count). The quantitative estimate of drug-likeness (QED) is 0.595. The topological polar surface area (TPSA) is 54.4 Å². The van der Waals surface area contributed by atoms with Gasteiger partial charge in [0.1, 0.15) is 5.78 Å². The molecular weight excluding hydrogens is 152 g/mol. The van der Waals surface area contributed by atoms with E-state index in [1.54, 1.807) is 0 Å². The zero-order chi connectivity index (χ0) is 8.15. The second-order valence-corrected chi connectivity index (χ2v) is 2.49. The molecule has 0 aliphatic heterocycles. The molecule has 10 heavy (non-hydrogen) atoms. The largest absolute Gasteiger partial charge is 0.481 e. The molecule has 0 heterocycles. The van der Waals surface area contributed by atoms with E-state index in [9.17, 15) is 9.59 Å². The van der Waals surface area contributed by atoms with Gasteiger partial charge in [-0.2, -0.15) is 12.6 Å². The lowest BCUT2D eigenvalue weighted by Crippen LogP contribution is -2.18. The molecule has 0 aromatic carbocycles. The predicted octanol–water partition coefficient (Wildman–Crippen LogP) is 0.596. The van der Waals surface area contributed by atoms with Crippen LogP contribution in [0.5, 0.6) is 0 Å². The summed E-state index contributed by atoms with van der Waals surface area (Å²) in [5, 5.41) is 8.42. The minimum absolute atomic E-state index is 0.0822. The molecule has 0 amide bonds.